The molecule has 0 fully saturated rings. The highest BCUT2D eigenvalue weighted by Crippen LogP contribution is 2.12. The van der Waals surface area contributed by atoms with Crippen LogP contribution in [0.4, 0.5) is 0 Å². The lowest BCUT2D eigenvalue weighted by molar-refractivity contribution is -0.138. The van der Waals surface area contributed by atoms with Crippen LogP contribution in [0.5, 0.6) is 0 Å². The van der Waals surface area contributed by atoms with E-state index < -0.39 is 41.0 Å². The number of hydrogen-bond acceptors (Lipinski definition) is 8. The molecule has 1 atom stereocenters. The number of rotatable bonds is 10. The van der Waals surface area contributed by atoms with E-state index in [1.165, 1.54) is 24.3 Å². The molecule has 1 unspecified atom stereocenters. The van der Waals surface area contributed by atoms with Crippen LogP contribution in [-0.2, 0) is 28.9 Å². The second-order valence-corrected chi connectivity index (χ2v) is 5.80. The van der Waals surface area contributed by atoms with Crippen LogP contribution in [0.15, 0.2) is 36.9 Å². The van der Waals surface area contributed by atoms with Gasteiger partial charge in [0.15, 0.2) is 0 Å². The summed E-state index contributed by atoms with van der Waals surface area (Å²) < 4.78 is 44.3. The van der Waals surface area contributed by atoms with Gasteiger partial charge < -0.3 is 14.6 Å². The number of aromatic carboxylic acids is 1. The topological polar surface area (TPSA) is 154 Å². The molecule has 0 amide bonds. The van der Waals surface area contributed by atoms with E-state index in [9.17, 15) is 22.8 Å². The highest BCUT2D eigenvalue weighted by atomic mass is 32.3. The number of esters is 2. The third-order valence-electron chi connectivity index (χ3n) is 2.89. The Morgan fingerprint density at radius 2 is 1.77 bits per heavy atom. The Morgan fingerprint density at radius 3 is 2.31 bits per heavy atom. The maximum Gasteiger partial charge on any atom is 0.397 e. The van der Waals surface area contributed by atoms with Gasteiger partial charge in [-0.05, 0) is 12.1 Å². The molecule has 11 heteroatoms. The lowest BCUT2D eigenvalue weighted by Crippen LogP contribution is -2.27. The largest absolute Gasteiger partial charge is 0.478 e. The van der Waals surface area contributed by atoms with Gasteiger partial charge in [0, 0.05) is 12.5 Å². The fourth-order valence-electron chi connectivity index (χ4n) is 1.78. The van der Waals surface area contributed by atoms with Crippen LogP contribution in [0.3, 0.4) is 0 Å². The van der Waals surface area contributed by atoms with E-state index in [2.05, 4.69) is 15.5 Å². The number of benzene rings is 1. The molecule has 1 aromatic rings. The molecule has 0 aliphatic heterocycles. The second kappa shape index (κ2) is 9.65. The molecule has 1 rings (SSSR count). The number of carboxylic acids is 1. The van der Waals surface area contributed by atoms with Gasteiger partial charge >= 0.3 is 28.3 Å². The molecular weight excluding hydrogens is 372 g/mol. The average molecular weight is 388 g/mol. The van der Waals surface area contributed by atoms with E-state index in [0.29, 0.717) is 0 Å². The summed E-state index contributed by atoms with van der Waals surface area (Å²) in [4.78, 5) is 34.0. The Bertz CT molecular complexity index is 783. The summed E-state index contributed by atoms with van der Waals surface area (Å²) in [5.74, 6) is -3.14. The molecule has 142 valence electrons. The van der Waals surface area contributed by atoms with Crippen molar-refractivity contribution in [3.05, 3.63) is 48.0 Å². The second-order valence-electron chi connectivity index (χ2n) is 4.76. The molecule has 26 heavy (non-hydrogen) atoms. The zero-order valence-corrected chi connectivity index (χ0v) is 14.2. The molecule has 0 saturated heterocycles. The van der Waals surface area contributed by atoms with Crippen molar-refractivity contribution < 1.29 is 46.1 Å². The number of carbonyl (C=O) groups is 3. The molecule has 0 radical (unpaired) electrons. The molecule has 0 aliphatic rings. The fraction of sp³-hybridized carbons (Fsp3) is 0.267. The van der Waals surface area contributed by atoms with E-state index in [0.717, 1.165) is 6.08 Å². The Kier molecular flexibility index (Phi) is 7.90. The van der Waals surface area contributed by atoms with Crippen molar-refractivity contribution in [1.29, 1.82) is 0 Å². The summed E-state index contributed by atoms with van der Waals surface area (Å²) in [7, 11) is -4.86. The smallest absolute Gasteiger partial charge is 0.397 e. The van der Waals surface area contributed by atoms with Crippen LogP contribution in [-0.4, -0.2) is 55.3 Å². The number of hydrogen-bond donors (Lipinski definition) is 2. The van der Waals surface area contributed by atoms with Gasteiger partial charge in [0.25, 0.3) is 0 Å². The van der Waals surface area contributed by atoms with Gasteiger partial charge in [-0.3, -0.25) is 4.55 Å². The summed E-state index contributed by atoms with van der Waals surface area (Å²) in [5.41, 5.74) is -0.548. The van der Waals surface area contributed by atoms with Crippen molar-refractivity contribution >= 4 is 28.3 Å². The first-order chi connectivity index (χ1) is 12.1. The Morgan fingerprint density at radius 1 is 1.15 bits per heavy atom. The molecule has 0 saturated carbocycles. The molecule has 1 aromatic carbocycles. The Balaban J connectivity index is 2.75. The van der Waals surface area contributed by atoms with Gasteiger partial charge in [-0.1, -0.05) is 18.7 Å². The minimum atomic E-state index is -4.86. The zero-order chi connectivity index (χ0) is 19.7. The molecule has 0 heterocycles. The minimum absolute atomic E-state index is 0.229. The SMILES string of the molecule is C=CC(=O)OCCC(COC(=O)c1ccccc1C(=O)O)OS(=O)(=O)O. The van der Waals surface area contributed by atoms with Crippen molar-refractivity contribution in [2.75, 3.05) is 13.2 Å². The summed E-state index contributed by atoms with van der Waals surface area (Å²) >= 11 is 0. The maximum absolute atomic E-state index is 12.0. The van der Waals surface area contributed by atoms with Gasteiger partial charge in [-0.15, -0.1) is 0 Å². The predicted octanol–water partition coefficient (Wildman–Crippen LogP) is 0.849. The molecule has 2 N–H and O–H groups in total. The van der Waals surface area contributed by atoms with Gasteiger partial charge in [-0.25, -0.2) is 18.6 Å². The Labute approximate surface area is 148 Å². The first-order valence-corrected chi connectivity index (χ1v) is 8.45. The highest BCUT2D eigenvalue weighted by molar-refractivity contribution is 7.80. The monoisotopic (exact) mass is 388 g/mol. The molecular formula is C15H16O10S. The number of ether oxygens (including phenoxy) is 2. The van der Waals surface area contributed by atoms with Gasteiger partial charge in [-0.2, -0.15) is 8.42 Å². The van der Waals surface area contributed by atoms with E-state index in [1.807, 2.05) is 0 Å². The third-order valence-corrected chi connectivity index (χ3v) is 3.40. The molecule has 0 aromatic heterocycles. The zero-order valence-electron chi connectivity index (χ0n) is 13.4. The minimum Gasteiger partial charge on any atom is -0.478 e. The first-order valence-electron chi connectivity index (χ1n) is 7.08. The van der Waals surface area contributed by atoms with E-state index in [-0.39, 0.29) is 24.2 Å². The lowest BCUT2D eigenvalue weighted by atomic mass is 10.1. The normalized spacial score (nSPS) is 12.0. The van der Waals surface area contributed by atoms with Gasteiger partial charge in [0.2, 0.25) is 0 Å². The van der Waals surface area contributed by atoms with Crippen LogP contribution in [0.1, 0.15) is 27.1 Å². The lowest BCUT2D eigenvalue weighted by Gasteiger charge is -2.16. The van der Waals surface area contributed by atoms with Crippen molar-refractivity contribution in [2.24, 2.45) is 0 Å². The molecule has 0 spiro atoms. The van der Waals surface area contributed by atoms with E-state index in [1.54, 1.807) is 0 Å². The Hall–Kier alpha value is -2.76. The molecule has 0 bridgehead atoms. The summed E-state index contributed by atoms with van der Waals surface area (Å²) in [6, 6.07) is 5.25. The van der Waals surface area contributed by atoms with Crippen molar-refractivity contribution in [3.8, 4) is 0 Å². The van der Waals surface area contributed by atoms with Gasteiger partial charge in [0.05, 0.1) is 17.7 Å². The van der Waals surface area contributed by atoms with Crippen molar-refractivity contribution in [1.82, 2.24) is 0 Å². The predicted molar refractivity (Wildman–Crippen MR) is 85.9 cm³/mol. The third kappa shape index (κ3) is 7.42. The summed E-state index contributed by atoms with van der Waals surface area (Å²) in [6.07, 6.45) is -0.696. The van der Waals surface area contributed by atoms with Gasteiger partial charge in [0.1, 0.15) is 12.7 Å². The summed E-state index contributed by atoms with van der Waals surface area (Å²) in [6.45, 7) is 2.24. The van der Waals surface area contributed by atoms with E-state index in [4.69, 9.17) is 14.4 Å². The van der Waals surface area contributed by atoms with Crippen LogP contribution in [0.25, 0.3) is 0 Å². The fourth-order valence-corrected chi connectivity index (χ4v) is 2.27. The molecule has 10 nitrogen and oxygen atoms in total. The maximum atomic E-state index is 12.0. The van der Waals surface area contributed by atoms with Crippen LogP contribution >= 0.6 is 0 Å². The average Bonchev–Trinajstić information content (AvgIpc) is 2.57. The van der Waals surface area contributed by atoms with Crippen LogP contribution in [0, 0.1) is 0 Å². The summed E-state index contributed by atoms with van der Waals surface area (Å²) in [5, 5.41) is 9.03. The van der Waals surface area contributed by atoms with E-state index >= 15 is 0 Å². The number of carbonyl (C=O) groups excluding carboxylic acids is 2. The van der Waals surface area contributed by atoms with Crippen molar-refractivity contribution in [3.63, 3.8) is 0 Å². The first kappa shape index (κ1) is 21.3. The van der Waals surface area contributed by atoms with Crippen LogP contribution in [0.2, 0.25) is 0 Å². The quantitative estimate of drug-likeness (QED) is 0.335. The van der Waals surface area contributed by atoms with Crippen LogP contribution < -0.4 is 0 Å². The van der Waals surface area contributed by atoms with Crippen molar-refractivity contribution in [2.45, 2.75) is 12.5 Å². The number of carboxylic acid groups (broad SMARTS) is 1. The standard InChI is InChI=1S/C15H16O10S/c1-2-13(16)23-8-7-10(25-26(20,21)22)9-24-15(19)12-6-4-3-5-11(12)14(17)18/h2-6,10H,1,7-9H2,(H,17,18)(H,20,21,22). The highest BCUT2D eigenvalue weighted by Gasteiger charge is 2.22. The molecule has 0 aliphatic carbocycles.